The Labute approximate surface area is 105 Å². The van der Waals surface area contributed by atoms with Crippen molar-refractivity contribution in [3.05, 3.63) is 11.1 Å². The number of rotatable bonds is 3. The van der Waals surface area contributed by atoms with Crippen LogP contribution in [-0.2, 0) is 0 Å². The molecule has 0 aromatic rings. The number of hydrogen-bond acceptors (Lipinski definition) is 2. The molecule has 2 heterocycles. The Morgan fingerprint density at radius 3 is 2.59 bits per heavy atom. The molecule has 17 heavy (non-hydrogen) atoms. The summed E-state index contributed by atoms with van der Waals surface area (Å²) in [6.07, 6.45) is 8.86. The molecule has 0 amide bonds. The van der Waals surface area contributed by atoms with Crippen LogP contribution in [0.1, 0.15) is 45.4 Å². The molecule has 96 valence electrons. The van der Waals surface area contributed by atoms with Gasteiger partial charge in [-0.25, -0.2) is 0 Å². The minimum atomic E-state index is 0.918. The molecule has 1 aliphatic carbocycles. The SMILES string of the molecule is CC(CN1CCCC1C1CCCC1)=C1CNC1. The van der Waals surface area contributed by atoms with Crippen LogP contribution in [0.5, 0.6) is 0 Å². The fourth-order valence-corrected chi connectivity index (χ4v) is 3.89. The maximum atomic E-state index is 3.36. The third-order valence-corrected chi connectivity index (χ3v) is 5.08. The van der Waals surface area contributed by atoms with Crippen molar-refractivity contribution < 1.29 is 0 Å². The van der Waals surface area contributed by atoms with E-state index in [0.29, 0.717) is 0 Å². The molecule has 3 fully saturated rings. The Morgan fingerprint density at radius 2 is 1.94 bits per heavy atom. The fraction of sp³-hybridized carbons (Fsp3) is 0.867. The van der Waals surface area contributed by atoms with Crippen molar-refractivity contribution >= 4 is 0 Å². The van der Waals surface area contributed by atoms with E-state index in [4.69, 9.17) is 0 Å². The fourth-order valence-electron chi connectivity index (χ4n) is 3.89. The molecule has 1 atom stereocenters. The minimum Gasteiger partial charge on any atom is -0.309 e. The van der Waals surface area contributed by atoms with Crippen molar-refractivity contribution in [2.45, 2.75) is 51.5 Å². The first-order valence-corrected chi connectivity index (χ1v) is 7.47. The van der Waals surface area contributed by atoms with Crippen molar-refractivity contribution in [3.63, 3.8) is 0 Å². The average molecular weight is 234 g/mol. The van der Waals surface area contributed by atoms with E-state index >= 15 is 0 Å². The van der Waals surface area contributed by atoms with Crippen LogP contribution in [0.4, 0.5) is 0 Å². The smallest absolute Gasteiger partial charge is 0.0196 e. The maximum Gasteiger partial charge on any atom is 0.0196 e. The zero-order valence-corrected chi connectivity index (χ0v) is 11.2. The van der Waals surface area contributed by atoms with Gasteiger partial charge in [0.25, 0.3) is 0 Å². The van der Waals surface area contributed by atoms with Gasteiger partial charge in [0.15, 0.2) is 0 Å². The van der Waals surface area contributed by atoms with E-state index in [1.807, 2.05) is 0 Å². The lowest BCUT2D eigenvalue weighted by molar-refractivity contribution is 0.204. The zero-order valence-electron chi connectivity index (χ0n) is 11.2. The lowest BCUT2D eigenvalue weighted by Crippen LogP contribution is -2.39. The number of nitrogens with one attached hydrogen (secondary N) is 1. The molecule has 0 spiro atoms. The van der Waals surface area contributed by atoms with Crippen molar-refractivity contribution in [3.8, 4) is 0 Å². The topological polar surface area (TPSA) is 15.3 Å². The molecule has 0 aromatic heterocycles. The van der Waals surface area contributed by atoms with Gasteiger partial charge in [0.1, 0.15) is 0 Å². The van der Waals surface area contributed by atoms with Crippen molar-refractivity contribution in [2.75, 3.05) is 26.2 Å². The summed E-state index contributed by atoms with van der Waals surface area (Å²) in [6.45, 7) is 7.24. The van der Waals surface area contributed by atoms with Gasteiger partial charge in [-0.1, -0.05) is 18.4 Å². The van der Waals surface area contributed by atoms with Crippen molar-refractivity contribution in [1.29, 1.82) is 0 Å². The molecule has 1 saturated carbocycles. The Hall–Kier alpha value is -0.340. The molecule has 0 bridgehead atoms. The molecule has 3 rings (SSSR count). The summed E-state index contributed by atoms with van der Waals surface area (Å²) in [5, 5.41) is 3.36. The number of hydrogen-bond donors (Lipinski definition) is 1. The molecule has 1 N–H and O–H groups in total. The molecule has 2 aliphatic heterocycles. The van der Waals surface area contributed by atoms with E-state index in [2.05, 4.69) is 17.1 Å². The largest absolute Gasteiger partial charge is 0.309 e. The molecule has 2 heteroatoms. The van der Waals surface area contributed by atoms with Crippen LogP contribution in [0.3, 0.4) is 0 Å². The highest BCUT2D eigenvalue weighted by Crippen LogP contribution is 2.35. The first-order valence-electron chi connectivity index (χ1n) is 7.47. The monoisotopic (exact) mass is 234 g/mol. The summed E-state index contributed by atoms with van der Waals surface area (Å²) in [4.78, 5) is 2.79. The highest BCUT2D eigenvalue weighted by Gasteiger charge is 2.33. The van der Waals surface area contributed by atoms with Crippen LogP contribution in [0.2, 0.25) is 0 Å². The van der Waals surface area contributed by atoms with E-state index in [9.17, 15) is 0 Å². The van der Waals surface area contributed by atoms with Gasteiger partial charge < -0.3 is 5.32 Å². The molecular weight excluding hydrogens is 208 g/mol. The lowest BCUT2D eigenvalue weighted by atomic mass is 9.95. The second-order valence-corrected chi connectivity index (χ2v) is 6.21. The number of likely N-dealkylation sites (tertiary alicyclic amines) is 1. The Morgan fingerprint density at radius 1 is 1.18 bits per heavy atom. The van der Waals surface area contributed by atoms with Gasteiger partial charge in [0.05, 0.1) is 0 Å². The third kappa shape index (κ3) is 2.43. The predicted molar refractivity (Wildman–Crippen MR) is 72.1 cm³/mol. The first-order chi connectivity index (χ1) is 8.34. The summed E-state index contributed by atoms with van der Waals surface area (Å²) >= 11 is 0. The van der Waals surface area contributed by atoms with E-state index < -0.39 is 0 Å². The van der Waals surface area contributed by atoms with Crippen molar-refractivity contribution in [1.82, 2.24) is 10.2 Å². The molecule has 1 unspecified atom stereocenters. The molecular formula is C15H26N2. The van der Waals surface area contributed by atoms with E-state index in [0.717, 1.165) is 25.0 Å². The molecule has 3 aliphatic rings. The standard InChI is InChI=1S/C15H26N2/c1-12(14-9-16-10-14)11-17-8-4-7-15(17)13-5-2-3-6-13/h13,15-16H,2-11H2,1H3. The molecule has 2 nitrogen and oxygen atoms in total. The maximum absolute atomic E-state index is 3.36. The molecule has 2 saturated heterocycles. The van der Waals surface area contributed by atoms with Gasteiger partial charge >= 0.3 is 0 Å². The number of nitrogens with zero attached hydrogens (tertiary/aromatic N) is 1. The second kappa shape index (κ2) is 5.11. The summed E-state index contributed by atoms with van der Waals surface area (Å²) in [6, 6.07) is 0.918. The van der Waals surface area contributed by atoms with Crippen LogP contribution in [0, 0.1) is 5.92 Å². The summed E-state index contributed by atoms with van der Waals surface area (Å²) in [5.41, 5.74) is 3.32. The van der Waals surface area contributed by atoms with E-state index in [-0.39, 0.29) is 0 Å². The Bertz CT molecular complexity index is 296. The quantitative estimate of drug-likeness (QED) is 0.755. The second-order valence-electron chi connectivity index (χ2n) is 6.21. The van der Waals surface area contributed by atoms with Gasteiger partial charge in [-0.15, -0.1) is 0 Å². The highest BCUT2D eigenvalue weighted by molar-refractivity contribution is 5.22. The van der Waals surface area contributed by atoms with Crippen LogP contribution in [0.25, 0.3) is 0 Å². The molecule has 0 radical (unpaired) electrons. The van der Waals surface area contributed by atoms with E-state index in [1.54, 1.807) is 11.1 Å². The summed E-state index contributed by atoms with van der Waals surface area (Å²) in [5.74, 6) is 1.02. The van der Waals surface area contributed by atoms with Crippen molar-refractivity contribution in [2.24, 2.45) is 5.92 Å². The van der Waals surface area contributed by atoms with Gasteiger partial charge in [-0.2, -0.15) is 0 Å². The average Bonchev–Trinajstić information content (AvgIpc) is 2.82. The Kier molecular flexibility index (Phi) is 3.53. The zero-order chi connectivity index (χ0) is 11.7. The lowest BCUT2D eigenvalue weighted by Gasteiger charge is -2.31. The van der Waals surface area contributed by atoms with E-state index in [1.165, 1.54) is 51.6 Å². The van der Waals surface area contributed by atoms with Crippen LogP contribution in [0.15, 0.2) is 11.1 Å². The predicted octanol–water partition coefficient (Wildman–Crippen LogP) is 2.56. The van der Waals surface area contributed by atoms with Gasteiger partial charge in [-0.05, 0) is 50.6 Å². The van der Waals surface area contributed by atoms with Gasteiger partial charge in [0.2, 0.25) is 0 Å². The third-order valence-electron chi connectivity index (χ3n) is 5.08. The first kappa shape index (κ1) is 11.7. The van der Waals surface area contributed by atoms with Crippen LogP contribution >= 0.6 is 0 Å². The molecule has 0 aromatic carbocycles. The van der Waals surface area contributed by atoms with Gasteiger partial charge in [-0.3, -0.25) is 4.90 Å². The minimum absolute atomic E-state index is 0.918. The Balaban J connectivity index is 1.61. The van der Waals surface area contributed by atoms with Gasteiger partial charge in [0, 0.05) is 25.7 Å². The van der Waals surface area contributed by atoms with Crippen LogP contribution < -0.4 is 5.32 Å². The van der Waals surface area contributed by atoms with Crippen LogP contribution in [-0.4, -0.2) is 37.1 Å². The normalized spacial score (nSPS) is 30.9. The summed E-state index contributed by atoms with van der Waals surface area (Å²) in [7, 11) is 0. The highest BCUT2D eigenvalue weighted by atomic mass is 15.2. The summed E-state index contributed by atoms with van der Waals surface area (Å²) < 4.78 is 0.